The summed E-state index contributed by atoms with van der Waals surface area (Å²) in [5, 5.41) is 0. The zero-order chi connectivity index (χ0) is 6.69. The predicted octanol–water partition coefficient (Wildman–Crippen LogP) is 2.22. The number of hydrogen-bond donors (Lipinski definition) is 0. The van der Waals surface area contributed by atoms with Gasteiger partial charge in [0.25, 0.3) is 0 Å². The summed E-state index contributed by atoms with van der Waals surface area (Å²) in [6.45, 7) is 3.71. The molecule has 0 N–H and O–H groups in total. The Balaban J connectivity index is 2.94. The Morgan fingerprint density at radius 1 is 1.56 bits per heavy atom. The largest absolute Gasteiger partial charge is 0.246 e. The van der Waals surface area contributed by atoms with Crippen LogP contribution in [0.25, 0.3) is 0 Å². The minimum absolute atomic E-state index is 0.749. The smallest absolute Gasteiger partial charge is 0.106 e. The van der Waals surface area contributed by atoms with Crippen LogP contribution in [0.15, 0.2) is 22.8 Å². The van der Waals surface area contributed by atoms with Gasteiger partial charge in [0.2, 0.25) is 0 Å². The van der Waals surface area contributed by atoms with E-state index in [1.807, 2.05) is 18.2 Å². The third-order valence-corrected chi connectivity index (χ3v) is 1.47. The second kappa shape index (κ2) is 2.97. The molecule has 0 bridgehead atoms. The third-order valence-electron chi connectivity index (χ3n) is 1.03. The second-order valence-electron chi connectivity index (χ2n) is 1.70. The first-order valence-corrected chi connectivity index (χ1v) is 3.53. The molecule has 1 radical (unpaired) electrons. The van der Waals surface area contributed by atoms with Crippen LogP contribution in [-0.2, 0) is 6.42 Å². The molecule has 47 valence electrons. The van der Waals surface area contributed by atoms with Crippen LogP contribution in [0.5, 0.6) is 0 Å². The lowest BCUT2D eigenvalue weighted by Crippen LogP contribution is -1.84. The predicted molar refractivity (Wildman–Crippen MR) is 41.0 cm³/mol. The molecule has 0 amide bonds. The van der Waals surface area contributed by atoms with Crippen molar-refractivity contribution in [2.45, 2.75) is 6.42 Å². The van der Waals surface area contributed by atoms with Crippen LogP contribution in [0.2, 0.25) is 0 Å². The fourth-order valence-corrected chi connectivity index (χ4v) is 0.970. The average Bonchev–Trinajstić information content (AvgIpc) is 1.88. The lowest BCUT2D eigenvalue weighted by atomic mass is 10.3. The molecule has 0 spiro atoms. The summed E-state index contributed by atoms with van der Waals surface area (Å²) in [5.41, 5.74) is 1.02. The number of aromatic nitrogens is 1. The molecule has 0 unspecified atom stereocenters. The Bertz CT molecular complexity index is 198. The van der Waals surface area contributed by atoms with Gasteiger partial charge in [0.15, 0.2) is 0 Å². The zero-order valence-electron chi connectivity index (χ0n) is 4.97. The maximum absolute atomic E-state index is 4.15. The molecule has 1 nitrogen and oxygen atoms in total. The third kappa shape index (κ3) is 1.79. The summed E-state index contributed by atoms with van der Waals surface area (Å²) in [6.07, 6.45) is 0.749. The van der Waals surface area contributed by atoms with E-state index in [9.17, 15) is 0 Å². The molecule has 0 fully saturated rings. The first-order chi connectivity index (χ1) is 4.33. The van der Waals surface area contributed by atoms with Gasteiger partial charge in [-0.3, -0.25) is 0 Å². The van der Waals surface area contributed by atoms with Gasteiger partial charge in [0.05, 0.1) is 0 Å². The fraction of sp³-hybridized carbons (Fsp3) is 0.143. The van der Waals surface area contributed by atoms with Crippen molar-refractivity contribution < 1.29 is 0 Å². The van der Waals surface area contributed by atoms with E-state index in [-0.39, 0.29) is 0 Å². The van der Waals surface area contributed by atoms with Crippen LogP contribution >= 0.6 is 15.9 Å². The van der Waals surface area contributed by atoms with Gasteiger partial charge in [-0.2, -0.15) is 0 Å². The van der Waals surface area contributed by atoms with Gasteiger partial charge in [-0.05, 0) is 41.4 Å². The van der Waals surface area contributed by atoms with Crippen molar-refractivity contribution in [3.8, 4) is 0 Å². The molecule has 1 heterocycles. The summed E-state index contributed by atoms with van der Waals surface area (Å²) >= 11 is 3.26. The van der Waals surface area contributed by atoms with E-state index in [1.165, 1.54) is 0 Å². The van der Waals surface area contributed by atoms with E-state index in [0.29, 0.717) is 0 Å². The van der Waals surface area contributed by atoms with Crippen LogP contribution in [-0.4, -0.2) is 4.98 Å². The Morgan fingerprint density at radius 3 is 2.78 bits per heavy atom. The van der Waals surface area contributed by atoms with Crippen LogP contribution < -0.4 is 0 Å². The van der Waals surface area contributed by atoms with Gasteiger partial charge >= 0.3 is 0 Å². The highest BCUT2D eigenvalue weighted by molar-refractivity contribution is 9.10. The zero-order valence-corrected chi connectivity index (χ0v) is 6.56. The highest BCUT2D eigenvalue weighted by Gasteiger charge is 1.88. The molecule has 0 atom stereocenters. The number of halogens is 1. The Morgan fingerprint density at radius 2 is 2.33 bits per heavy atom. The Kier molecular flexibility index (Phi) is 2.22. The van der Waals surface area contributed by atoms with Crippen LogP contribution in [0.3, 0.4) is 0 Å². The van der Waals surface area contributed by atoms with Crippen molar-refractivity contribution >= 4 is 15.9 Å². The lowest BCUT2D eigenvalue weighted by molar-refractivity contribution is 1.09. The van der Waals surface area contributed by atoms with E-state index in [4.69, 9.17) is 0 Å². The first kappa shape index (κ1) is 6.75. The van der Waals surface area contributed by atoms with Crippen molar-refractivity contribution in [1.29, 1.82) is 0 Å². The molecule has 0 aliphatic carbocycles. The highest BCUT2D eigenvalue weighted by Crippen LogP contribution is 2.05. The van der Waals surface area contributed by atoms with Crippen molar-refractivity contribution in [2.24, 2.45) is 0 Å². The molecule has 9 heavy (non-hydrogen) atoms. The topological polar surface area (TPSA) is 12.9 Å². The van der Waals surface area contributed by atoms with Crippen LogP contribution in [0.4, 0.5) is 0 Å². The van der Waals surface area contributed by atoms with E-state index in [1.54, 1.807) is 0 Å². The molecular formula is C7H7BrN. The first-order valence-electron chi connectivity index (χ1n) is 2.73. The van der Waals surface area contributed by atoms with Crippen molar-refractivity contribution in [1.82, 2.24) is 4.98 Å². The molecule has 0 aromatic carbocycles. The molecule has 1 aromatic heterocycles. The van der Waals surface area contributed by atoms with Crippen LogP contribution in [0.1, 0.15) is 5.69 Å². The monoisotopic (exact) mass is 184 g/mol. The van der Waals surface area contributed by atoms with Gasteiger partial charge in [0, 0.05) is 5.69 Å². The van der Waals surface area contributed by atoms with Crippen LogP contribution in [0, 0.1) is 6.92 Å². The molecule has 0 saturated carbocycles. The van der Waals surface area contributed by atoms with E-state index < -0.39 is 0 Å². The van der Waals surface area contributed by atoms with Gasteiger partial charge in [-0.25, -0.2) is 4.98 Å². The van der Waals surface area contributed by atoms with E-state index in [2.05, 4.69) is 27.8 Å². The number of pyridine rings is 1. The van der Waals surface area contributed by atoms with Gasteiger partial charge in [-0.1, -0.05) is 6.07 Å². The standard InChI is InChI=1S/C7H7BrN/c1-2-6-4-3-5-7(8)9-6/h3-5H,1-2H2. The van der Waals surface area contributed by atoms with Gasteiger partial charge in [0.1, 0.15) is 4.60 Å². The second-order valence-corrected chi connectivity index (χ2v) is 2.51. The average molecular weight is 185 g/mol. The number of hydrogen-bond acceptors (Lipinski definition) is 1. The molecular weight excluding hydrogens is 178 g/mol. The SMILES string of the molecule is [CH2]Cc1cccc(Br)n1. The maximum atomic E-state index is 4.15. The summed E-state index contributed by atoms with van der Waals surface area (Å²) in [5.74, 6) is 0. The molecule has 2 heteroatoms. The van der Waals surface area contributed by atoms with E-state index >= 15 is 0 Å². The molecule has 0 saturated heterocycles. The summed E-state index contributed by atoms with van der Waals surface area (Å²) in [7, 11) is 0. The quantitative estimate of drug-likeness (QED) is 0.611. The lowest BCUT2D eigenvalue weighted by Gasteiger charge is -1.93. The molecule has 0 aliphatic rings. The summed E-state index contributed by atoms with van der Waals surface area (Å²) in [4.78, 5) is 4.15. The fourth-order valence-electron chi connectivity index (χ4n) is 0.590. The molecule has 1 rings (SSSR count). The molecule has 1 aromatic rings. The normalized spacial score (nSPS) is 9.56. The van der Waals surface area contributed by atoms with Gasteiger partial charge in [-0.15, -0.1) is 0 Å². The van der Waals surface area contributed by atoms with Gasteiger partial charge < -0.3 is 0 Å². The minimum Gasteiger partial charge on any atom is -0.246 e. The summed E-state index contributed by atoms with van der Waals surface area (Å²) < 4.78 is 0.878. The summed E-state index contributed by atoms with van der Waals surface area (Å²) in [6, 6.07) is 5.81. The van der Waals surface area contributed by atoms with Crippen molar-refractivity contribution in [2.75, 3.05) is 0 Å². The molecule has 0 aliphatic heterocycles. The Hall–Kier alpha value is -0.370. The maximum Gasteiger partial charge on any atom is 0.106 e. The highest BCUT2D eigenvalue weighted by atomic mass is 79.9. The van der Waals surface area contributed by atoms with Crippen molar-refractivity contribution in [3.05, 3.63) is 35.4 Å². The Labute approximate surface area is 63.2 Å². The number of nitrogens with zero attached hydrogens (tertiary/aromatic N) is 1. The van der Waals surface area contributed by atoms with E-state index in [0.717, 1.165) is 16.7 Å². The van der Waals surface area contributed by atoms with Crippen molar-refractivity contribution in [3.63, 3.8) is 0 Å². The number of rotatable bonds is 1. The minimum atomic E-state index is 0.749.